The fourth-order valence-corrected chi connectivity index (χ4v) is 3.38. The van der Waals surface area contributed by atoms with Gasteiger partial charge in [-0.15, -0.1) is 23.4 Å². The Morgan fingerprint density at radius 1 is 1.11 bits per heavy atom. The highest BCUT2D eigenvalue weighted by atomic mass is 32.2. The highest BCUT2D eigenvalue weighted by Crippen LogP contribution is 2.29. The number of halogens is 3. The third-order valence-electron chi connectivity index (χ3n) is 3.30. The van der Waals surface area contributed by atoms with Crippen LogP contribution in [0.25, 0.3) is 11.6 Å². The van der Waals surface area contributed by atoms with Crippen molar-refractivity contribution in [1.82, 2.24) is 15.2 Å². The molecule has 0 bridgehead atoms. The molecule has 0 aliphatic carbocycles. The summed E-state index contributed by atoms with van der Waals surface area (Å²) in [4.78, 5) is 3.45. The van der Waals surface area contributed by atoms with Gasteiger partial charge in [-0.3, -0.25) is 0 Å². The van der Waals surface area contributed by atoms with Crippen LogP contribution in [0.2, 0.25) is 0 Å². The third-order valence-corrected chi connectivity index (χ3v) is 5.04. The van der Waals surface area contributed by atoms with Crippen LogP contribution in [0, 0.1) is 6.92 Å². The number of nitrogen functional groups attached to an aromatic ring is 1. The first-order valence-electron chi connectivity index (χ1n) is 7.23. The van der Waals surface area contributed by atoms with E-state index in [9.17, 15) is 21.6 Å². The van der Waals surface area contributed by atoms with Gasteiger partial charge >= 0.3 is 6.36 Å². The molecule has 0 atom stereocenters. The minimum absolute atomic E-state index is 0.0169. The fraction of sp³-hybridized carbons (Fsp3) is 0.133. The van der Waals surface area contributed by atoms with Gasteiger partial charge in [-0.25, -0.2) is 13.4 Å². The number of pyridine rings is 1. The van der Waals surface area contributed by atoms with Gasteiger partial charge in [0, 0.05) is 13.1 Å². The molecule has 8 nitrogen and oxygen atoms in total. The van der Waals surface area contributed by atoms with Crippen LogP contribution < -0.4 is 10.5 Å². The predicted octanol–water partition coefficient (Wildman–Crippen LogP) is 2.75. The van der Waals surface area contributed by atoms with E-state index in [1.165, 1.54) is 0 Å². The highest BCUT2D eigenvalue weighted by molar-refractivity contribution is 7.91. The summed E-state index contributed by atoms with van der Waals surface area (Å²) in [5.41, 5.74) is 5.93. The molecule has 142 valence electrons. The number of aryl methyl sites for hydroxylation is 1. The number of sulfone groups is 1. The average molecular weight is 400 g/mol. The van der Waals surface area contributed by atoms with Gasteiger partial charge in [0.25, 0.3) is 5.89 Å². The monoisotopic (exact) mass is 400 g/mol. The van der Waals surface area contributed by atoms with Crippen molar-refractivity contribution in [1.29, 1.82) is 0 Å². The SMILES string of the molecule is Cc1nnc(-c2ncc(S(=O)(=O)c3ccc(OC(F)(F)F)cc3)cc2N)o1. The smallest absolute Gasteiger partial charge is 0.420 e. The van der Waals surface area contributed by atoms with E-state index >= 15 is 0 Å². The predicted molar refractivity (Wildman–Crippen MR) is 85.3 cm³/mol. The molecule has 0 radical (unpaired) electrons. The van der Waals surface area contributed by atoms with Crippen molar-refractivity contribution in [2.24, 2.45) is 0 Å². The molecular weight excluding hydrogens is 389 g/mol. The van der Waals surface area contributed by atoms with Crippen molar-refractivity contribution >= 4 is 15.5 Å². The topological polar surface area (TPSA) is 121 Å². The number of nitrogens with two attached hydrogens (primary N) is 1. The second-order valence-electron chi connectivity index (χ2n) is 5.26. The van der Waals surface area contributed by atoms with E-state index < -0.39 is 21.9 Å². The fourth-order valence-electron chi connectivity index (χ4n) is 2.14. The van der Waals surface area contributed by atoms with Gasteiger partial charge in [-0.05, 0) is 30.3 Å². The summed E-state index contributed by atoms with van der Waals surface area (Å²) in [5.74, 6) is -0.229. The van der Waals surface area contributed by atoms with Crippen molar-refractivity contribution in [3.63, 3.8) is 0 Å². The van der Waals surface area contributed by atoms with E-state index in [1.54, 1.807) is 6.92 Å². The van der Waals surface area contributed by atoms with Crippen molar-refractivity contribution in [3.05, 3.63) is 42.4 Å². The molecule has 0 saturated heterocycles. The number of nitrogens with zero attached hydrogens (tertiary/aromatic N) is 3. The minimum atomic E-state index is -4.87. The highest BCUT2D eigenvalue weighted by Gasteiger charge is 2.31. The number of aromatic nitrogens is 3. The van der Waals surface area contributed by atoms with Crippen molar-refractivity contribution in [2.75, 3.05) is 5.73 Å². The standard InChI is InChI=1S/C15H11F3N4O4S/c1-8-21-22-14(25-8)13-12(19)6-11(7-20-13)27(23,24)10-4-2-9(3-5-10)26-15(16,17)18/h2-7H,19H2,1H3. The van der Waals surface area contributed by atoms with Crippen molar-refractivity contribution in [3.8, 4) is 17.3 Å². The second-order valence-corrected chi connectivity index (χ2v) is 7.21. The van der Waals surface area contributed by atoms with Gasteiger partial charge in [0.2, 0.25) is 15.7 Å². The Balaban J connectivity index is 1.92. The quantitative estimate of drug-likeness (QED) is 0.710. The summed E-state index contributed by atoms with van der Waals surface area (Å²) in [5, 5.41) is 7.39. The van der Waals surface area contributed by atoms with Gasteiger partial charge < -0.3 is 14.9 Å². The molecule has 0 amide bonds. The van der Waals surface area contributed by atoms with Crippen LogP contribution in [0.1, 0.15) is 5.89 Å². The zero-order valence-corrected chi connectivity index (χ0v) is 14.4. The van der Waals surface area contributed by atoms with Crippen molar-refractivity contribution < 1.29 is 30.7 Å². The molecule has 2 N–H and O–H groups in total. The molecule has 27 heavy (non-hydrogen) atoms. The van der Waals surface area contributed by atoms with Crippen LogP contribution in [-0.4, -0.2) is 30.0 Å². The Hall–Kier alpha value is -3.15. The number of benzene rings is 1. The van der Waals surface area contributed by atoms with E-state index in [0.29, 0.717) is 0 Å². The summed E-state index contributed by atoms with van der Waals surface area (Å²) in [6, 6.07) is 4.92. The van der Waals surface area contributed by atoms with Crippen LogP contribution in [0.3, 0.4) is 0 Å². The Kier molecular flexibility index (Phi) is 4.51. The summed E-state index contributed by atoms with van der Waals surface area (Å²) in [7, 11) is -4.06. The molecule has 3 rings (SSSR count). The lowest BCUT2D eigenvalue weighted by Crippen LogP contribution is -2.17. The summed E-state index contributed by atoms with van der Waals surface area (Å²) >= 11 is 0. The van der Waals surface area contributed by atoms with Crippen LogP contribution in [0.4, 0.5) is 18.9 Å². The van der Waals surface area contributed by atoms with Gasteiger partial charge in [0.1, 0.15) is 5.75 Å². The van der Waals surface area contributed by atoms with Crippen LogP contribution in [0.5, 0.6) is 5.75 Å². The Morgan fingerprint density at radius 2 is 1.78 bits per heavy atom. The van der Waals surface area contributed by atoms with Gasteiger partial charge in [0.15, 0.2) is 5.69 Å². The zero-order chi connectivity index (χ0) is 19.8. The molecule has 3 aromatic rings. The first-order valence-corrected chi connectivity index (χ1v) is 8.71. The van der Waals surface area contributed by atoms with Gasteiger partial charge in [-0.2, -0.15) is 0 Å². The van der Waals surface area contributed by atoms with E-state index in [1.807, 2.05) is 0 Å². The first kappa shape index (κ1) is 18.6. The first-order chi connectivity index (χ1) is 12.6. The third kappa shape index (κ3) is 4.00. The van der Waals surface area contributed by atoms with E-state index in [-0.39, 0.29) is 33.0 Å². The number of hydrogen-bond acceptors (Lipinski definition) is 8. The minimum Gasteiger partial charge on any atom is -0.420 e. The molecular formula is C15H11F3N4O4S. The molecule has 0 unspecified atom stereocenters. The van der Waals surface area contributed by atoms with Gasteiger partial charge in [-0.1, -0.05) is 0 Å². The zero-order valence-electron chi connectivity index (χ0n) is 13.6. The maximum Gasteiger partial charge on any atom is 0.573 e. The van der Waals surface area contributed by atoms with Crippen LogP contribution in [0.15, 0.2) is 50.7 Å². The molecule has 0 saturated carbocycles. The molecule has 0 fully saturated rings. The Labute approximate surface area is 150 Å². The summed E-state index contributed by atoms with van der Waals surface area (Å²) in [6.07, 6.45) is -3.83. The maximum absolute atomic E-state index is 12.6. The van der Waals surface area contributed by atoms with Crippen LogP contribution >= 0.6 is 0 Å². The summed E-state index contributed by atoms with van der Waals surface area (Å²) < 4.78 is 70.7. The number of hydrogen-bond donors (Lipinski definition) is 1. The lowest BCUT2D eigenvalue weighted by atomic mass is 10.3. The largest absolute Gasteiger partial charge is 0.573 e. The van der Waals surface area contributed by atoms with E-state index in [4.69, 9.17) is 10.2 Å². The lowest BCUT2D eigenvalue weighted by molar-refractivity contribution is -0.274. The average Bonchev–Trinajstić information content (AvgIpc) is 3.00. The lowest BCUT2D eigenvalue weighted by Gasteiger charge is -2.10. The molecule has 12 heteroatoms. The number of rotatable bonds is 4. The molecule has 0 aliphatic heterocycles. The number of anilines is 1. The normalized spacial score (nSPS) is 12.1. The Bertz CT molecular complexity index is 1080. The molecule has 1 aromatic carbocycles. The number of ether oxygens (including phenoxy) is 1. The van der Waals surface area contributed by atoms with E-state index in [2.05, 4.69) is 19.9 Å². The summed E-state index contributed by atoms with van der Waals surface area (Å²) in [6.45, 7) is 1.57. The van der Waals surface area contributed by atoms with Gasteiger partial charge in [0.05, 0.1) is 15.5 Å². The number of alkyl halides is 3. The van der Waals surface area contributed by atoms with E-state index in [0.717, 1.165) is 36.5 Å². The molecule has 0 aliphatic rings. The van der Waals surface area contributed by atoms with Crippen molar-refractivity contribution in [2.45, 2.75) is 23.1 Å². The molecule has 2 aromatic heterocycles. The maximum atomic E-state index is 12.6. The van der Waals surface area contributed by atoms with Crippen LogP contribution in [-0.2, 0) is 9.84 Å². The molecule has 0 spiro atoms. The Morgan fingerprint density at radius 3 is 2.30 bits per heavy atom. The molecule has 2 heterocycles. The second kappa shape index (κ2) is 6.54.